The van der Waals surface area contributed by atoms with Crippen molar-refractivity contribution in [1.82, 2.24) is 9.80 Å². The summed E-state index contributed by atoms with van der Waals surface area (Å²) in [4.78, 5) is 31.5. The van der Waals surface area contributed by atoms with E-state index in [-0.39, 0.29) is 23.6 Å². The van der Waals surface area contributed by atoms with Crippen LogP contribution in [0.5, 0.6) is 5.75 Å². The Morgan fingerprint density at radius 1 is 0.900 bits per heavy atom. The van der Waals surface area contributed by atoms with Crippen molar-refractivity contribution in [3.05, 3.63) is 54.6 Å². The summed E-state index contributed by atoms with van der Waals surface area (Å²) >= 11 is 0. The highest BCUT2D eigenvalue weighted by Crippen LogP contribution is 2.24. The summed E-state index contributed by atoms with van der Waals surface area (Å²) < 4.78 is 0. The molecule has 2 N–H and O–H groups in total. The SMILES string of the molecule is O=C(Nc1ccccc1)N1CCCC(C(=O)N2CCN(c3cccc(O)c3)CC2)C1. The Bertz CT molecular complexity index is 881. The topological polar surface area (TPSA) is 76.1 Å². The van der Waals surface area contributed by atoms with E-state index in [9.17, 15) is 14.7 Å². The molecule has 2 aliphatic rings. The third-order valence-corrected chi connectivity index (χ3v) is 5.87. The predicted octanol–water partition coefficient (Wildman–Crippen LogP) is 2.98. The summed E-state index contributed by atoms with van der Waals surface area (Å²) in [5.74, 6) is 0.248. The molecule has 1 unspecified atom stereocenters. The Labute approximate surface area is 176 Å². The van der Waals surface area contributed by atoms with Gasteiger partial charge in [0.2, 0.25) is 5.91 Å². The van der Waals surface area contributed by atoms with E-state index >= 15 is 0 Å². The summed E-state index contributed by atoms with van der Waals surface area (Å²) in [7, 11) is 0. The molecule has 2 heterocycles. The molecule has 0 radical (unpaired) electrons. The van der Waals surface area contributed by atoms with Crippen LogP contribution < -0.4 is 10.2 Å². The number of piperazine rings is 1. The third kappa shape index (κ3) is 4.67. The van der Waals surface area contributed by atoms with Gasteiger partial charge in [-0.15, -0.1) is 0 Å². The molecular weight excluding hydrogens is 380 g/mol. The number of carbonyl (C=O) groups is 2. The van der Waals surface area contributed by atoms with Crippen LogP contribution in [0.1, 0.15) is 12.8 Å². The number of aromatic hydroxyl groups is 1. The van der Waals surface area contributed by atoms with Gasteiger partial charge in [-0.2, -0.15) is 0 Å². The monoisotopic (exact) mass is 408 g/mol. The van der Waals surface area contributed by atoms with Gasteiger partial charge in [-0.3, -0.25) is 4.79 Å². The zero-order valence-electron chi connectivity index (χ0n) is 17.0. The van der Waals surface area contributed by atoms with Crippen molar-refractivity contribution in [3.8, 4) is 5.75 Å². The maximum absolute atomic E-state index is 13.1. The second kappa shape index (κ2) is 9.07. The number of phenols is 1. The van der Waals surface area contributed by atoms with Crippen LogP contribution in [0.25, 0.3) is 0 Å². The first-order valence-electron chi connectivity index (χ1n) is 10.5. The van der Waals surface area contributed by atoms with E-state index in [1.165, 1.54) is 0 Å². The Morgan fingerprint density at radius 2 is 1.67 bits per heavy atom. The molecule has 158 valence electrons. The Kier molecular flexibility index (Phi) is 6.07. The van der Waals surface area contributed by atoms with Crippen LogP contribution in [0.15, 0.2) is 54.6 Å². The van der Waals surface area contributed by atoms with Crippen molar-refractivity contribution >= 4 is 23.3 Å². The highest BCUT2D eigenvalue weighted by molar-refractivity contribution is 5.90. The summed E-state index contributed by atoms with van der Waals surface area (Å²) in [6, 6.07) is 16.5. The lowest BCUT2D eigenvalue weighted by molar-refractivity contribution is -0.137. The average molecular weight is 409 g/mol. The van der Waals surface area contributed by atoms with E-state index in [1.807, 2.05) is 47.4 Å². The Balaban J connectivity index is 1.31. The van der Waals surface area contributed by atoms with Crippen molar-refractivity contribution in [2.24, 2.45) is 5.92 Å². The first-order valence-corrected chi connectivity index (χ1v) is 10.5. The lowest BCUT2D eigenvalue weighted by atomic mass is 9.96. The largest absolute Gasteiger partial charge is 0.508 e. The minimum Gasteiger partial charge on any atom is -0.508 e. The molecular formula is C23H28N4O3. The molecule has 0 aromatic heterocycles. The minimum absolute atomic E-state index is 0.141. The van der Waals surface area contributed by atoms with Crippen molar-refractivity contribution in [3.63, 3.8) is 0 Å². The van der Waals surface area contributed by atoms with Crippen LogP contribution in [0, 0.1) is 5.92 Å². The van der Waals surface area contributed by atoms with Gasteiger partial charge in [-0.25, -0.2) is 4.79 Å². The Hall–Kier alpha value is -3.22. The van der Waals surface area contributed by atoms with Crippen LogP contribution in [0.2, 0.25) is 0 Å². The van der Waals surface area contributed by atoms with Crippen LogP contribution in [0.3, 0.4) is 0 Å². The molecule has 2 aliphatic heterocycles. The third-order valence-electron chi connectivity index (χ3n) is 5.87. The number of piperidine rings is 1. The van der Waals surface area contributed by atoms with Crippen molar-refractivity contribution in [1.29, 1.82) is 0 Å². The molecule has 7 nitrogen and oxygen atoms in total. The van der Waals surface area contributed by atoms with E-state index in [0.29, 0.717) is 26.2 Å². The van der Waals surface area contributed by atoms with Crippen molar-refractivity contribution in [2.45, 2.75) is 12.8 Å². The first kappa shape index (κ1) is 20.1. The van der Waals surface area contributed by atoms with E-state index in [1.54, 1.807) is 17.0 Å². The number of carbonyl (C=O) groups excluding carboxylic acids is 2. The lowest BCUT2D eigenvalue weighted by Crippen LogP contribution is -2.53. The molecule has 2 aromatic carbocycles. The van der Waals surface area contributed by atoms with Gasteiger partial charge in [0.15, 0.2) is 0 Å². The highest BCUT2D eigenvalue weighted by atomic mass is 16.3. The smallest absolute Gasteiger partial charge is 0.321 e. The summed E-state index contributed by atoms with van der Waals surface area (Å²) in [5, 5.41) is 12.6. The highest BCUT2D eigenvalue weighted by Gasteiger charge is 2.32. The molecule has 2 fully saturated rings. The van der Waals surface area contributed by atoms with Gasteiger partial charge >= 0.3 is 6.03 Å². The molecule has 3 amide bonds. The van der Waals surface area contributed by atoms with Gasteiger partial charge in [0, 0.05) is 56.7 Å². The first-order chi connectivity index (χ1) is 14.6. The number of phenolic OH excluding ortho intramolecular Hbond substituents is 1. The maximum atomic E-state index is 13.1. The molecule has 2 saturated heterocycles. The van der Waals surface area contributed by atoms with Crippen LogP contribution >= 0.6 is 0 Å². The van der Waals surface area contributed by atoms with E-state index in [2.05, 4.69) is 10.2 Å². The van der Waals surface area contributed by atoms with Gasteiger partial charge in [-0.1, -0.05) is 24.3 Å². The van der Waals surface area contributed by atoms with Gasteiger partial charge < -0.3 is 25.1 Å². The number of hydrogen-bond donors (Lipinski definition) is 2. The Morgan fingerprint density at radius 3 is 2.40 bits per heavy atom. The van der Waals surface area contributed by atoms with E-state index in [4.69, 9.17) is 0 Å². The molecule has 0 saturated carbocycles. The summed E-state index contributed by atoms with van der Waals surface area (Å²) in [6.45, 7) is 3.92. The molecule has 0 bridgehead atoms. The summed E-state index contributed by atoms with van der Waals surface area (Å²) in [6.07, 6.45) is 1.66. The van der Waals surface area contributed by atoms with E-state index < -0.39 is 0 Å². The number of nitrogens with zero attached hydrogens (tertiary/aromatic N) is 3. The maximum Gasteiger partial charge on any atom is 0.321 e. The van der Waals surface area contributed by atoms with Gasteiger partial charge in [0.25, 0.3) is 0 Å². The van der Waals surface area contributed by atoms with Crippen molar-refractivity contribution in [2.75, 3.05) is 49.5 Å². The number of para-hydroxylation sites is 1. The molecule has 30 heavy (non-hydrogen) atoms. The molecule has 2 aromatic rings. The lowest BCUT2D eigenvalue weighted by Gasteiger charge is -2.39. The van der Waals surface area contributed by atoms with Crippen LogP contribution in [-0.4, -0.2) is 66.1 Å². The van der Waals surface area contributed by atoms with Crippen LogP contribution in [0.4, 0.5) is 16.2 Å². The molecule has 4 rings (SSSR count). The van der Waals surface area contributed by atoms with Crippen molar-refractivity contribution < 1.29 is 14.7 Å². The fourth-order valence-corrected chi connectivity index (χ4v) is 4.22. The normalized spacial score (nSPS) is 19.5. The molecule has 1 atom stereocenters. The minimum atomic E-state index is -0.146. The summed E-state index contributed by atoms with van der Waals surface area (Å²) in [5.41, 5.74) is 1.74. The number of benzene rings is 2. The quantitative estimate of drug-likeness (QED) is 0.819. The zero-order valence-corrected chi connectivity index (χ0v) is 17.0. The fourth-order valence-electron chi connectivity index (χ4n) is 4.22. The van der Waals surface area contributed by atoms with Gasteiger partial charge in [-0.05, 0) is 37.1 Å². The number of amides is 3. The standard InChI is InChI=1S/C23H28N4O3/c28-21-10-4-9-20(16-21)25-12-14-26(15-13-25)22(29)18-6-5-11-27(17-18)23(30)24-19-7-2-1-3-8-19/h1-4,7-10,16,18,28H,5-6,11-15,17H2,(H,24,30). The number of nitrogens with one attached hydrogen (secondary N) is 1. The second-order valence-corrected chi connectivity index (χ2v) is 7.91. The van der Waals surface area contributed by atoms with Gasteiger partial charge in [0.05, 0.1) is 5.92 Å². The van der Waals surface area contributed by atoms with E-state index in [0.717, 1.165) is 37.3 Å². The number of urea groups is 1. The predicted molar refractivity (Wildman–Crippen MR) is 117 cm³/mol. The zero-order chi connectivity index (χ0) is 20.9. The molecule has 0 aliphatic carbocycles. The number of hydrogen-bond acceptors (Lipinski definition) is 4. The number of likely N-dealkylation sites (tertiary alicyclic amines) is 1. The average Bonchev–Trinajstić information content (AvgIpc) is 2.79. The second-order valence-electron chi connectivity index (χ2n) is 7.91. The number of anilines is 2. The molecule has 0 spiro atoms. The fraction of sp³-hybridized carbons (Fsp3) is 0.391. The van der Waals surface area contributed by atoms with Gasteiger partial charge in [0.1, 0.15) is 5.75 Å². The van der Waals surface area contributed by atoms with Crippen LogP contribution in [-0.2, 0) is 4.79 Å². The molecule has 7 heteroatoms. The number of rotatable bonds is 3.